The lowest BCUT2D eigenvalue weighted by molar-refractivity contribution is 0.242. The van der Waals surface area contributed by atoms with E-state index < -0.39 is 0 Å². The molecular weight excluding hydrogens is 387 g/mol. The molecule has 0 saturated carbocycles. The SMILES string of the molecule is S=c1ncc2c([nH]1)CCN(Cc1ccc(-c3ccc(Cl)c(Cl)c3)nc1)C2. The third-order valence-corrected chi connectivity index (χ3v) is 5.45. The Morgan fingerprint density at radius 2 is 1.96 bits per heavy atom. The largest absolute Gasteiger partial charge is 0.334 e. The van der Waals surface area contributed by atoms with E-state index in [9.17, 15) is 0 Å². The molecule has 0 bridgehead atoms. The molecule has 3 aromatic rings. The maximum Gasteiger partial charge on any atom is 0.196 e. The molecule has 132 valence electrons. The number of nitrogens with zero attached hydrogens (tertiary/aromatic N) is 3. The molecule has 1 N–H and O–H groups in total. The van der Waals surface area contributed by atoms with Gasteiger partial charge in [-0.2, -0.15) is 0 Å². The van der Waals surface area contributed by atoms with Crippen LogP contribution in [-0.2, 0) is 19.5 Å². The molecule has 3 heterocycles. The van der Waals surface area contributed by atoms with Crippen molar-refractivity contribution in [2.45, 2.75) is 19.5 Å². The van der Waals surface area contributed by atoms with Crippen molar-refractivity contribution in [1.29, 1.82) is 0 Å². The summed E-state index contributed by atoms with van der Waals surface area (Å²) in [6, 6.07) is 9.68. The number of nitrogens with one attached hydrogen (secondary N) is 1. The lowest BCUT2D eigenvalue weighted by Gasteiger charge is -2.28. The van der Waals surface area contributed by atoms with E-state index in [1.54, 1.807) is 6.07 Å². The first-order chi connectivity index (χ1) is 12.6. The molecule has 0 radical (unpaired) electrons. The number of hydrogen-bond acceptors (Lipinski definition) is 4. The molecule has 0 amide bonds. The van der Waals surface area contributed by atoms with Gasteiger partial charge in [0.2, 0.25) is 0 Å². The van der Waals surface area contributed by atoms with Crippen molar-refractivity contribution < 1.29 is 0 Å². The number of H-pyrrole nitrogens is 1. The number of hydrogen-bond donors (Lipinski definition) is 1. The molecular formula is C19H16Cl2N4S. The second kappa shape index (κ2) is 7.45. The fraction of sp³-hybridized carbons (Fsp3) is 0.211. The Balaban J connectivity index is 1.47. The number of halogens is 2. The average molecular weight is 403 g/mol. The average Bonchev–Trinajstić information content (AvgIpc) is 2.65. The van der Waals surface area contributed by atoms with Gasteiger partial charge < -0.3 is 4.98 Å². The molecule has 4 nitrogen and oxygen atoms in total. The van der Waals surface area contributed by atoms with Crippen molar-refractivity contribution >= 4 is 35.4 Å². The van der Waals surface area contributed by atoms with Gasteiger partial charge in [0.25, 0.3) is 0 Å². The molecule has 7 heteroatoms. The topological polar surface area (TPSA) is 44.8 Å². The second-order valence-electron chi connectivity index (χ2n) is 6.33. The van der Waals surface area contributed by atoms with Crippen molar-refractivity contribution in [3.8, 4) is 11.3 Å². The standard InChI is InChI=1S/C19H16Cl2N4S/c20-15-3-2-13(7-16(15)21)17-4-1-12(8-22-17)10-25-6-5-18-14(11-25)9-23-19(26)24-18/h1-4,7-9H,5-6,10-11H2,(H,23,24,26). The summed E-state index contributed by atoms with van der Waals surface area (Å²) >= 11 is 17.2. The molecule has 0 atom stereocenters. The number of aromatic amines is 1. The van der Waals surface area contributed by atoms with Crippen LogP contribution in [0.15, 0.2) is 42.7 Å². The van der Waals surface area contributed by atoms with Crippen LogP contribution in [0, 0.1) is 4.77 Å². The fourth-order valence-electron chi connectivity index (χ4n) is 3.14. The highest BCUT2D eigenvalue weighted by molar-refractivity contribution is 7.71. The fourth-order valence-corrected chi connectivity index (χ4v) is 3.62. The van der Waals surface area contributed by atoms with Gasteiger partial charge in [0, 0.05) is 55.3 Å². The van der Waals surface area contributed by atoms with Gasteiger partial charge >= 0.3 is 0 Å². The minimum Gasteiger partial charge on any atom is -0.334 e. The normalized spacial score (nSPS) is 14.2. The van der Waals surface area contributed by atoms with Crippen LogP contribution in [0.3, 0.4) is 0 Å². The Bertz CT molecular complexity index is 1000. The van der Waals surface area contributed by atoms with E-state index in [0.29, 0.717) is 14.8 Å². The van der Waals surface area contributed by atoms with Crippen LogP contribution in [0.5, 0.6) is 0 Å². The highest BCUT2D eigenvalue weighted by Crippen LogP contribution is 2.27. The first-order valence-corrected chi connectivity index (χ1v) is 9.45. The first kappa shape index (κ1) is 17.6. The van der Waals surface area contributed by atoms with Crippen molar-refractivity contribution in [2.24, 2.45) is 0 Å². The van der Waals surface area contributed by atoms with E-state index >= 15 is 0 Å². The Hall–Kier alpha value is -1.79. The molecule has 1 aromatic carbocycles. The summed E-state index contributed by atoms with van der Waals surface area (Å²) < 4.78 is 0.555. The van der Waals surface area contributed by atoms with Gasteiger partial charge in [-0.15, -0.1) is 0 Å². The molecule has 0 spiro atoms. The molecule has 0 fully saturated rings. The van der Waals surface area contributed by atoms with Gasteiger partial charge in [-0.1, -0.05) is 35.3 Å². The van der Waals surface area contributed by atoms with Crippen LogP contribution < -0.4 is 0 Å². The van der Waals surface area contributed by atoms with Crippen LogP contribution in [0.25, 0.3) is 11.3 Å². The number of rotatable bonds is 3. The summed E-state index contributed by atoms with van der Waals surface area (Å²) in [6.45, 7) is 2.70. The number of pyridine rings is 1. The monoisotopic (exact) mass is 402 g/mol. The van der Waals surface area contributed by atoms with E-state index in [2.05, 4.69) is 25.9 Å². The van der Waals surface area contributed by atoms with Crippen LogP contribution in [0.2, 0.25) is 10.0 Å². The highest BCUT2D eigenvalue weighted by Gasteiger charge is 2.17. The molecule has 1 aliphatic heterocycles. The van der Waals surface area contributed by atoms with Gasteiger partial charge in [-0.05, 0) is 36.0 Å². The Kier molecular flexibility index (Phi) is 5.05. The summed E-state index contributed by atoms with van der Waals surface area (Å²) in [7, 11) is 0. The van der Waals surface area contributed by atoms with E-state index in [1.807, 2.05) is 30.6 Å². The summed E-state index contributed by atoms with van der Waals surface area (Å²) in [4.78, 5) is 14.3. The maximum atomic E-state index is 6.09. The van der Waals surface area contributed by atoms with Gasteiger partial charge in [0.15, 0.2) is 4.77 Å². The van der Waals surface area contributed by atoms with E-state index in [4.69, 9.17) is 35.4 Å². The van der Waals surface area contributed by atoms with Crippen LogP contribution in [-0.4, -0.2) is 26.4 Å². The predicted molar refractivity (Wildman–Crippen MR) is 107 cm³/mol. The zero-order valence-electron chi connectivity index (χ0n) is 13.9. The summed E-state index contributed by atoms with van der Waals surface area (Å²) in [5.74, 6) is 0. The molecule has 26 heavy (non-hydrogen) atoms. The summed E-state index contributed by atoms with van der Waals surface area (Å²) in [6.07, 6.45) is 4.76. The number of aromatic nitrogens is 3. The zero-order valence-corrected chi connectivity index (χ0v) is 16.2. The van der Waals surface area contributed by atoms with Crippen molar-refractivity contribution in [1.82, 2.24) is 19.9 Å². The molecule has 2 aromatic heterocycles. The minimum atomic E-state index is 0.537. The predicted octanol–water partition coefficient (Wildman–Crippen LogP) is 5.07. The lowest BCUT2D eigenvalue weighted by Crippen LogP contribution is -2.30. The molecule has 1 aliphatic rings. The van der Waals surface area contributed by atoms with Crippen molar-refractivity contribution in [3.05, 3.63) is 74.4 Å². The third-order valence-electron chi connectivity index (χ3n) is 4.50. The molecule has 0 saturated heterocycles. The van der Waals surface area contributed by atoms with Crippen molar-refractivity contribution in [3.63, 3.8) is 0 Å². The van der Waals surface area contributed by atoms with Crippen LogP contribution in [0.1, 0.15) is 16.8 Å². The van der Waals surface area contributed by atoms with Gasteiger partial charge in [-0.3, -0.25) is 9.88 Å². The van der Waals surface area contributed by atoms with E-state index in [0.717, 1.165) is 37.3 Å². The number of benzene rings is 1. The van der Waals surface area contributed by atoms with Crippen LogP contribution in [0.4, 0.5) is 0 Å². The summed E-state index contributed by atoms with van der Waals surface area (Å²) in [5, 5.41) is 1.09. The maximum absolute atomic E-state index is 6.09. The quantitative estimate of drug-likeness (QED) is 0.621. The van der Waals surface area contributed by atoms with E-state index in [-0.39, 0.29) is 0 Å². The Morgan fingerprint density at radius 3 is 2.73 bits per heavy atom. The molecule has 0 unspecified atom stereocenters. The zero-order chi connectivity index (χ0) is 18.1. The Morgan fingerprint density at radius 1 is 1.08 bits per heavy atom. The highest BCUT2D eigenvalue weighted by atomic mass is 35.5. The summed E-state index contributed by atoms with van der Waals surface area (Å²) in [5.41, 5.74) is 5.43. The molecule has 4 rings (SSSR count). The number of fused-ring (bicyclic) bond motifs is 1. The first-order valence-electron chi connectivity index (χ1n) is 8.28. The second-order valence-corrected chi connectivity index (χ2v) is 7.53. The van der Waals surface area contributed by atoms with Crippen LogP contribution >= 0.6 is 35.4 Å². The van der Waals surface area contributed by atoms with Crippen molar-refractivity contribution in [2.75, 3.05) is 6.54 Å². The van der Waals surface area contributed by atoms with Gasteiger partial charge in [0.05, 0.1) is 15.7 Å². The lowest BCUT2D eigenvalue weighted by atomic mass is 10.1. The smallest absolute Gasteiger partial charge is 0.196 e. The minimum absolute atomic E-state index is 0.537. The van der Waals surface area contributed by atoms with Gasteiger partial charge in [0.1, 0.15) is 0 Å². The Labute approximate surface area is 166 Å². The third kappa shape index (κ3) is 3.81. The molecule has 0 aliphatic carbocycles. The van der Waals surface area contributed by atoms with E-state index in [1.165, 1.54) is 16.8 Å². The van der Waals surface area contributed by atoms with Gasteiger partial charge in [-0.25, -0.2) is 4.98 Å².